The van der Waals surface area contributed by atoms with Gasteiger partial charge in [-0.3, -0.25) is 0 Å². The van der Waals surface area contributed by atoms with Crippen LogP contribution in [0.3, 0.4) is 0 Å². The number of rotatable bonds is 4. The first-order valence-corrected chi connectivity index (χ1v) is 11.0. The summed E-state index contributed by atoms with van der Waals surface area (Å²) in [6, 6.07) is 16.3. The van der Waals surface area contributed by atoms with E-state index in [1.54, 1.807) is 0 Å². The van der Waals surface area contributed by atoms with Gasteiger partial charge in [-0.1, -0.05) is 24.3 Å². The lowest BCUT2D eigenvalue weighted by Crippen LogP contribution is -2.58. The van der Waals surface area contributed by atoms with Crippen molar-refractivity contribution in [3.63, 3.8) is 0 Å². The van der Waals surface area contributed by atoms with Gasteiger partial charge >= 0.3 is 0 Å². The Kier molecular flexibility index (Phi) is 8.67. The molecule has 12 nitrogen and oxygen atoms in total. The summed E-state index contributed by atoms with van der Waals surface area (Å²) in [7, 11) is -9.39. The maximum Gasteiger partial charge on any atom is 0.107 e. The smallest absolute Gasteiger partial charge is 0.107 e. The second kappa shape index (κ2) is 10.8. The monoisotopic (exact) mass is 476 g/mol. The van der Waals surface area contributed by atoms with Crippen LogP contribution in [0, 0.1) is 20.5 Å². The molecule has 4 aromatic rings. The van der Waals surface area contributed by atoms with Crippen LogP contribution in [0.25, 0.3) is 22.1 Å². The molecule has 0 unspecified atom stereocenters. The van der Waals surface area contributed by atoms with Crippen molar-refractivity contribution in [2.24, 2.45) is 0 Å². The third-order valence-electron chi connectivity index (χ3n) is 3.70. The van der Waals surface area contributed by atoms with Gasteiger partial charge < -0.3 is 9.97 Å². The zero-order valence-electron chi connectivity index (χ0n) is 15.7. The Hall–Kier alpha value is -2.36. The van der Waals surface area contributed by atoms with E-state index in [2.05, 4.69) is 32.1 Å². The third-order valence-corrected chi connectivity index (χ3v) is 3.70. The number of aromatic amines is 2. The third kappa shape index (κ3) is 10.5. The molecule has 4 rings (SSSR count). The molecule has 0 saturated carbocycles. The molecule has 2 aromatic heterocycles. The molecule has 0 aliphatic carbocycles. The Labute approximate surface area is 179 Å². The fourth-order valence-electron chi connectivity index (χ4n) is 2.67. The Morgan fingerprint density at radius 1 is 0.645 bits per heavy atom. The lowest BCUT2D eigenvalue weighted by Gasteiger charge is -2.03. The van der Waals surface area contributed by atoms with Gasteiger partial charge in [0.1, 0.15) is 11.6 Å². The van der Waals surface area contributed by atoms with Crippen molar-refractivity contribution in [1.82, 2.24) is 19.9 Å². The summed E-state index contributed by atoms with van der Waals surface area (Å²) in [6.45, 7) is 0. The van der Waals surface area contributed by atoms with Gasteiger partial charge in [0.25, 0.3) is 0 Å². The molecule has 0 bridgehead atoms. The first-order chi connectivity index (χ1) is 14.4. The van der Waals surface area contributed by atoms with E-state index < -0.39 is 20.5 Å². The molecule has 0 atom stereocenters. The number of para-hydroxylation sites is 4. The maximum atomic E-state index is 8.60. The minimum Gasteiger partial charge on any atom is -0.342 e. The normalized spacial score (nSPS) is 11.6. The minimum absolute atomic E-state index is 0.936. The van der Waals surface area contributed by atoms with Gasteiger partial charge in [0.05, 0.1) is 51.9 Å². The second-order valence-electron chi connectivity index (χ2n) is 6.05. The molecule has 31 heavy (non-hydrogen) atoms. The molecular weight excluding hydrogens is 459 g/mol. The summed E-state index contributed by atoms with van der Waals surface area (Å²) in [5.74, 6) is 2.10. The van der Waals surface area contributed by atoms with Crippen LogP contribution in [0.1, 0.15) is 18.1 Å². The van der Waals surface area contributed by atoms with E-state index in [-0.39, 0.29) is 0 Å². The van der Waals surface area contributed by atoms with Gasteiger partial charge in [-0.05, 0) is 30.7 Å². The molecule has 0 fully saturated rings. The molecule has 0 amide bonds. The van der Waals surface area contributed by atoms with E-state index in [4.69, 9.17) is 37.3 Å². The van der Waals surface area contributed by atoms with Gasteiger partial charge in [0.15, 0.2) is 0 Å². The molecule has 0 aliphatic rings. The second-order valence-corrected chi connectivity index (χ2v) is 7.63. The highest BCUT2D eigenvalue weighted by atomic mass is 35.7. The molecule has 0 spiro atoms. The lowest BCUT2D eigenvalue weighted by atomic mass is 10.2. The summed E-state index contributed by atoms with van der Waals surface area (Å²) in [5.41, 5.74) is 4.29. The molecule has 4 N–H and O–H groups in total. The number of hydrogen-bond acceptors (Lipinski definition) is 10. The first kappa shape index (κ1) is 24.9. The van der Waals surface area contributed by atoms with Crippen LogP contribution in [-0.4, -0.2) is 29.3 Å². The molecule has 0 radical (unpaired) electrons. The van der Waals surface area contributed by atoms with Gasteiger partial charge in [-0.25, -0.2) is 9.97 Å². The number of fused-ring (bicyclic) bond motifs is 2. The Bertz CT molecular complexity index is 927. The van der Waals surface area contributed by atoms with E-state index >= 15 is 0 Å². The van der Waals surface area contributed by atoms with Gasteiger partial charge in [-0.15, -0.1) is 0 Å². The van der Waals surface area contributed by atoms with Crippen molar-refractivity contribution >= 4 is 22.1 Å². The summed E-state index contributed by atoms with van der Waals surface area (Å²) >= 11 is 0. The van der Waals surface area contributed by atoms with Crippen molar-refractivity contribution < 1.29 is 57.8 Å². The zero-order chi connectivity index (χ0) is 23.1. The Balaban J connectivity index is 0.000000289. The minimum atomic E-state index is -4.69. The van der Waals surface area contributed by atoms with Crippen molar-refractivity contribution in [2.75, 3.05) is 0 Å². The summed E-state index contributed by atoms with van der Waals surface area (Å²) in [5, 5.41) is 0. The number of H-pyrrole nitrogens is 2. The molecule has 14 heteroatoms. The van der Waals surface area contributed by atoms with Crippen LogP contribution < -0.4 is 28.0 Å². The Morgan fingerprint density at radius 2 is 0.968 bits per heavy atom. The first-order valence-electron chi connectivity index (χ1n) is 8.52. The average molecular weight is 477 g/mol. The molecule has 168 valence electrons. The largest absolute Gasteiger partial charge is 0.342 e. The summed E-state index contributed by atoms with van der Waals surface area (Å²) in [4.78, 5) is 15.9. The number of benzene rings is 2. The SMILES string of the molecule is [O-][Cl+3]([O-])([O-])O.[O-][Cl+3]([O-])([O-])O.c1ccc2[nH]c(CCCc3nc4ccccc4[nH]3)nc2c1. The molecule has 2 aromatic carbocycles. The van der Waals surface area contributed by atoms with Gasteiger partial charge in [0.2, 0.25) is 0 Å². The standard InChI is InChI=1S/C17H16N4.2ClHO4/c1-2-7-13-12(6-1)18-16(19-13)10-5-11-17-20-14-8-3-4-9-15(14)21-17;2*2-1(3,4)5/h1-4,6-9H,5,10-11H2,(H,18,19)(H,20,21);2*(H,2,3,4,5). The number of halogens is 2. The van der Waals surface area contributed by atoms with Crippen LogP contribution in [0.4, 0.5) is 0 Å². The fraction of sp³-hybridized carbons (Fsp3) is 0.176. The van der Waals surface area contributed by atoms with E-state index in [1.165, 1.54) is 0 Å². The number of nitrogens with zero attached hydrogens (tertiary/aromatic N) is 2. The van der Waals surface area contributed by atoms with Crippen molar-refractivity contribution in [3.05, 3.63) is 60.2 Å². The maximum absolute atomic E-state index is 8.60. The van der Waals surface area contributed by atoms with Crippen molar-refractivity contribution in [2.45, 2.75) is 19.3 Å². The summed E-state index contributed by atoms with van der Waals surface area (Å²) < 4.78 is 65.4. The predicted molar refractivity (Wildman–Crippen MR) is 88.7 cm³/mol. The highest BCUT2D eigenvalue weighted by molar-refractivity contribution is 5.75. The highest BCUT2D eigenvalue weighted by Crippen LogP contribution is 2.14. The van der Waals surface area contributed by atoms with E-state index in [0.717, 1.165) is 53.0 Å². The number of hydrogen-bond donors (Lipinski definition) is 4. The van der Waals surface area contributed by atoms with E-state index in [9.17, 15) is 0 Å². The zero-order valence-corrected chi connectivity index (χ0v) is 17.2. The van der Waals surface area contributed by atoms with Gasteiger partial charge in [-0.2, -0.15) is 28.0 Å². The van der Waals surface area contributed by atoms with Crippen molar-refractivity contribution in [3.8, 4) is 0 Å². The predicted octanol–water partition coefficient (Wildman–Crippen LogP) is -4.63. The average Bonchev–Trinajstić information content (AvgIpc) is 3.21. The summed E-state index contributed by atoms with van der Waals surface area (Å²) in [6.07, 6.45) is 2.90. The molecule has 0 aliphatic heterocycles. The fourth-order valence-corrected chi connectivity index (χ4v) is 2.67. The van der Waals surface area contributed by atoms with Crippen LogP contribution in [0.5, 0.6) is 0 Å². The number of nitrogens with one attached hydrogen (secondary N) is 2. The van der Waals surface area contributed by atoms with Crippen LogP contribution in [0.15, 0.2) is 48.5 Å². The number of aromatic nitrogens is 4. The quantitative estimate of drug-likeness (QED) is 0.219. The van der Waals surface area contributed by atoms with E-state index in [0.29, 0.717) is 0 Å². The highest BCUT2D eigenvalue weighted by Gasteiger charge is 2.05. The van der Waals surface area contributed by atoms with Crippen LogP contribution in [0.2, 0.25) is 0 Å². The van der Waals surface area contributed by atoms with Crippen molar-refractivity contribution in [1.29, 1.82) is 0 Å². The van der Waals surface area contributed by atoms with Crippen LogP contribution >= 0.6 is 0 Å². The Morgan fingerprint density at radius 3 is 1.29 bits per heavy atom. The number of aryl methyl sites for hydroxylation is 2. The lowest BCUT2D eigenvalue weighted by molar-refractivity contribution is -1.92. The van der Waals surface area contributed by atoms with Crippen LogP contribution in [-0.2, 0) is 12.8 Å². The van der Waals surface area contributed by atoms with E-state index in [1.807, 2.05) is 36.4 Å². The topological polar surface area (TPSA) is 236 Å². The molecule has 2 heterocycles. The van der Waals surface area contributed by atoms with Gasteiger partial charge in [0, 0.05) is 12.8 Å². The number of imidazole rings is 2. The molecular formula is C17H18Cl2N4O8. The molecule has 0 saturated heterocycles.